The molecule has 1 aliphatic rings. The topological polar surface area (TPSA) is 233 Å². The first-order valence-corrected chi connectivity index (χ1v) is 23.5. The van der Waals surface area contributed by atoms with Gasteiger partial charge in [-0.15, -0.1) is 0 Å². The van der Waals surface area contributed by atoms with E-state index in [-0.39, 0.29) is 12.8 Å². The zero-order valence-corrected chi connectivity index (χ0v) is 35.7. The lowest BCUT2D eigenvalue weighted by molar-refractivity contribution is -0.279. The molecule has 0 aromatic heterocycles. The Kier molecular flexibility index (Phi) is 31.9. The molecule has 15 heteroatoms. The fourth-order valence-corrected chi connectivity index (χ4v) is 7.99. The number of rotatable bonds is 37. The number of esters is 2. The summed E-state index contributed by atoms with van der Waals surface area (Å²) in [5, 5.41) is 50.5. The average Bonchev–Trinajstić information content (AvgIpc) is 3.19. The Morgan fingerprint density at radius 2 is 0.946 bits per heavy atom. The first kappa shape index (κ1) is 53.0. The van der Waals surface area contributed by atoms with Crippen LogP contribution in [0.4, 0.5) is 0 Å². The monoisotopic (exact) mass is 826 g/mol. The lowest BCUT2D eigenvalue weighted by Gasteiger charge is -2.41. The molecule has 0 amide bonds. The molecule has 8 atom stereocenters. The van der Waals surface area contributed by atoms with Gasteiger partial charge in [-0.2, -0.15) is 14.9 Å². The number of nitrogens with two attached hydrogens (primary N) is 1. The average molecular weight is 826 g/mol. The third-order valence-electron chi connectivity index (χ3n) is 10.6. The maximum Gasteiger partial charge on any atom is 0.574 e. The van der Waals surface area contributed by atoms with Crippen molar-refractivity contribution < 1.29 is 63.2 Å². The Morgan fingerprint density at radius 1 is 0.589 bits per heavy atom. The van der Waals surface area contributed by atoms with Gasteiger partial charge in [-0.1, -0.05) is 173 Å². The predicted molar refractivity (Wildman–Crippen MR) is 215 cm³/mol. The molecule has 1 radical (unpaired) electrons. The van der Waals surface area contributed by atoms with Crippen LogP contribution in [0.1, 0.15) is 194 Å². The van der Waals surface area contributed by atoms with Crippen LogP contribution >= 0.6 is 8.17 Å². The fourth-order valence-electron chi connectivity index (χ4n) is 6.92. The minimum Gasteiger partial charge on any atom is -0.604 e. The van der Waals surface area contributed by atoms with Crippen molar-refractivity contribution in [2.75, 3.05) is 13.2 Å². The van der Waals surface area contributed by atoms with Crippen LogP contribution < -0.4 is 10.8 Å². The van der Waals surface area contributed by atoms with Gasteiger partial charge in [0.1, 0.15) is 43.5 Å². The van der Waals surface area contributed by atoms with Crippen molar-refractivity contribution in [3.63, 3.8) is 0 Å². The van der Waals surface area contributed by atoms with E-state index in [9.17, 15) is 40.0 Å². The maximum atomic E-state index is 13.2. The summed E-state index contributed by atoms with van der Waals surface area (Å²) < 4.78 is 25.7. The first-order chi connectivity index (χ1) is 27.0. The minimum absolute atomic E-state index is 0.112. The SMILES string of the molecule is CCCCCCCCCCCCCCCC(=O)O[C@@H](COC(=[O+])CCCCCCCCCCCCCCC)CO[P+]([O-])(ON)OC1[C@H](O)[C@H](O)C(O)[C@H](O)[C@H]1O. The van der Waals surface area contributed by atoms with E-state index in [2.05, 4.69) is 18.5 Å². The zero-order valence-electron chi connectivity index (χ0n) is 34.8. The molecule has 0 heterocycles. The molecule has 1 saturated carbocycles. The third-order valence-corrected chi connectivity index (χ3v) is 11.8. The summed E-state index contributed by atoms with van der Waals surface area (Å²) in [5.74, 6) is 4.12. The van der Waals surface area contributed by atoms with Crippen molar-refractivity contribution in [2.24, 2.45) is 5.90 Å². The molecule has 0 aromatic carbocycles. The molecule has 0 bridgehead atoms. The smallest absolute Gasteiger partial charge is 0.574 e. The number of carbonyl (C=O) groups is 2. The van der Waals surface area contributed by atoms with E-state index in [1.807, 2.05) is 0 Å². The van der Waals surface area contributed by atoms with Gasteiger partial charge in [0, 0.05) is 11.2 Å². The van der Waals surface area contributed by atoms with Gasteiger partial charge in [-0.25, -0.2) is 0 Å². The predicted octanol–water partition coefficient (Wildman–Crippen LogP) is 6.55. The zero-order chi connectivity index (χ0) is 41.4. The molecule has 331 valence electrons. The quantitative estimate of drug-likeness (QED) is 0.0128. The Balaban J connectivity index is 2.53. The number of phosphoric acid groups is 1. The number of unbranched alkanes of at least 4 members (excludes halogenated alkanes) is 24. The summed E-state index contributed by atoms with van der Waals surface area (Å²) in [6.07, 6.45) is 17.6. The second-order valence-electron chi connectivity index (χ2n) is 15.7. The van der Waals surface area contributed by atoms with E-state index >= 15 is 0 Å². The summed E-state index contributed by atoms with van der Waals surface area (Å²) in [5.41, 5.74) is 0. The van der Waals surface area contributed by atoms with Crippen molar-refractivity contribution in [1.82, 2.24) is 0 Å². The fraction of sp³-hybridized carbons (Fsp3) is 0.951. The van der Waals surface area contributed by atoms with Gasteiger partial charge in [0.15, 0.2) is 12.2 Å². The summed E-state index contributed by atoms with van der Waals surface area (Å²) in [6.45, 7) is 3.37. The van der Waals surface area contributed by atoms with Gasteiger partial charge in [-0.05, 0) is 12.8 Å². The van der Waals surface area contributed by atoms with E-state index in [4.69, 9.17) is 24.4 Å². The Hall–Kier alpha value is -1.03. The molecular weight excluding hydrogens is 745 g/mol. The summed E-state index contributed by atoms with van der Waals surface area (Å²) in [4.78, 5) is 38.6. The number of hydrogen-bond donors (Lipinski definition) is 6. The molecule has 7 N–H and O–H groups in total. The molecule has 1 rings (SSSR count). The lowest BCUT2D eigenvalue weighted by Crippen LogP contribution is -2.64. The Morgan fingerprint density at radius 3 is 1.34 bits per heavy atom. The normalized spacial score (nSPS) is 22.8. The number of ether oxygens (including phenoxy) is 2. The molecule has 0 aliphatic heterocycles. The standard InChI is InChI=1S/C41H80NO13P/c1-3-5-7-9-11-13-15-17-19-21-23-25-27-29-34(43)51-31-33(53-35(44)30-28-26-24-22-20-18-16-14-12-10-8-6-4-2)32-52-56(50,55-42)54-41-39(48)37(46)36(45)38(47)40(41)49/h33,36-41,45-49H,3-32,42H2,1-2H3/q+1/t33-,36?,37-,38+,39+,40+,41?,56?/m0/s1. The largest absolute Gasteiger partial charge is 0.604 e. The highest BCUT2D eigenvalue weighted by Gasteiger charge is 2.54. The van der Waals surface area contributed by atoms with Crippen LogP contribution in [-0.4, -0.2) is 93.4 Å². The van der Waals surface area contributed by atoms with E-state index in [0.29, 0.717) is 12.8 Å². The number of phosphoric ester groups is 1. The summed E-state index contributed by atoms with van der Waals surface area (Å²) in [6, 6.07) is 0. The number of hydrogen-bond acceptors (Lipinski definition) is 14. The molecule has 0 aromatic rings. The van der Waals surface area contributed by atoms with Gasteiger partial charge in [-0.3, -0.25) is 4.79 Å². The molecule has 1 aliphatic carbocycles. The van der Waals surface area contributed by atoms with Crippen LogP contribution in [0, 0.1) is 0 Å². The van der Waals surface area contributed by atoms with Crippen LogP contribution in [-0.2, 0) is 32.7 Å². The van der Waals surface area contributed by atoms with Gasteiger partial charge in [0.2, 0.25) is 6.61 Å². The highest BCUT2D eigenvalue weighted by molar-refractivity contribution is 7.53. The van der Waals surface area contributed by atoms with Crippen LogP contribution in [0.15, 0.2) is 0 Å². The Labute approximate surface area is 338 Å². The third kappa shape index (κ3) is 24.8. The number of carbonyl (C=O) groups excluding carboxylic acids is 2. The molecule has 0 saturated heterocycles. The molecular formula is C41H80NO13P+. The minimum atomic E-state index is -4.83. The number of aliphatic hydroxyl groups is 5. The first-order valence-electron chi connectivity index (χ1n) is 22.1. The second-order valence-corrected chi connectivity index (χ2v) is 17.2. The van der Waals surface area contributed by atoms with Crippen molar-refractivity contribution in [3.8, 4) is 0 Å². The van der Waals surface area contributed by atoms with Gasteiger partial charge in [0.05, 0.1) is 0 Å². The highest BCUT2D eigenvalue weighted by atomic mass is 31.2. The summed E-state index contributed by atoms with van der Waals surface area (Å²) >= 11 is 0. The van der Waals surface area contributed by atoms with Gasteiger partial charge < -0.3 is 39.9 Å². The Bertz CT molecular complexity index is 952. The number of aliphatic hydroxyl groups excluding tert-OH is 5. The van der Waals surface area contributed by atoms with Crippen molar-refractivity contribution >= 4 is 20.1 Å². The molecule has 3 unspecified atom stereocenters. The van der Waals surface area contributed by atoms with Crippen molar-refractivity contribution in [3.05, 3.63) is 0 Å². The van der Waals surface area contributed by atoms with Crippen LogP contribution in [0.3, 0.4) is 0 Å². The lowest BCUT2D eigenvalue weighted by atomic mass is 9.85. The maximum absolute atomic E-state index is 13.2. The van der Waals surface area contributed by atoms with Crippen molar-refractivity contribution in [1.29, 1.82) is 0 Å². The van der Waals surface area contributed by atoms with Crippen LogP contribution in [0.25, 0.3) is 0 Å². The molecule has 14 nitrogen and oxygen atoms in total. The van der Waals surface area contributed by atoms with Crippen LogP contribution in [0.2, 0.25) is 0 Å². The van der Waals surface area contributed by atoms with E-state index in [1.165, 1.54) is 116 Å². The van der Waals surface area contributed by atoms with E-state index < -0.39 is 76.1 Å². The molecule has 0 spiro atoms. The summed E-state index contributed by atoms with van der Waals surface area (Å²) in [7, 11) is -4.83. The molecule has 1 fully saturated rings. The van der Waals surface area contributed by atoms with E-state index in [1.54, 1.807) is 0 Å². The van der Waals surface area contributed by atoms with Crippen molar-refractivity contribution in [2.45, 2.75) is 236 Å². The second kappa shape index (κ2) is 33.8. The molecule has 56 heavy (non-hydrogen) atoms. The van der Waals surface area contributed by atoms with Gasteiger partial charge >= 0.3 is 20.1 Å². The van der Waals surface area contributed by atoms with E-state index in [0.717, 1.165) is 38.5 Å². The van der Waals surface area contributed by atoms with Gasteiger partial charge in [0.25, 0.3) is 0 Å². The highest BCUT2D eigenvalue weighted by Crippen LogP contribution is 2.54. The van der Waals surface area contributed by atoms with Crippen LogP contribution in [0.5, 0.6) is 0 Å².